The van der Waals surface area contributed by atoms with E-state index in [1.54, 1.807) is 51.3 Å². The van der Waals surface area contributed by atoms with E-state index < -0.39 is 23.3 Å². The van der Waals surface area contributed by atoms with E-state index in [1.165, 1.54) is 4.90 Å². The average molecular weight is 432 g/mol. The minimum absolute atomic E-state index is 0.333. The van der Waals surface area contributed by atoms with Crippen molar-refractivity contribution in [3.8, 4) is 0 Å². The molecule has 1 unspecified atom stereocenters. The number of benzene rings is 2. The van der Waals surface area contributed by atoms with Crippen LogP contribution in [0.5, 0.6) is 0 Å². The molecule has 2 atom stereocenters. The van der Waals surface area contributed by atoms with Crippen molar-refractivity contribution < 1.29 is 23.5 Å². The number of furan rings is 1. The summed E-state index contributed by atoms with van der Waals surface area (Å²) in [5.74, 6) is -0.666. The summed E-state index contributed by atoms with van der Waals surface area (Å²) in [6.45, 7) is 5.37. The Morgan fingerprint density at radius 3 is 2.38 bits per heavy atom. The third-order valence-electron chi connectivity index (χ3n) is 5.99. The van der Waals surface area contributed by atoms with Crippen molar-refractivity contribution in [2.75, 3.05) is 0 Å². The maximum absolute atomic E-state index is 13.0. The van der Waals surface area contributed by atoms with Crippen LogP contribution >= 0.6 is 0 Å². The molecule has 3 amide bonds. The van der Waals surface area contributed by atoms with Gasteiger partial charge < -0.3 is 14.5 Å². The van der Waals surface area contributed by atoms with Crippen molar-refractivity contribution in [1.29, 1.82) is 0 Å². The molecule has 1 saturated carbocycles. The Morgan fingerprint density at radius 2 is 1.72 bits per heavy atom. The summed E-state index contributed by atoms with van der Waals surface area (Å²) in [6.07, 6.45) is 1.93. The van der Waals surface area contributed by atoms with Gasteiger partial charge in [0.15, 0.2) is 0 Å². The number of carbonyl (C=O) groups excluding carboxylic acids is 3. The van der Waals surface area contributed by atoms with Gasteiger partial charge in [-0.1, -0.05) is 30.3 Å². The molecular formula is C25H24N2O5. The number of alkyl carbamates (subject to hydrolysis) is 1. The van der Waals surface area contributed by atoms with Gasteiger partial charge in [0, 0.05) is 17.4 Å². The number of ether oxygens (including phenoxy) is 1. The highest BCUT2D eigenvalue weighted by molar-refractivity contribution is 6.21. The molecule has 1 fully saturated rings. The van der Waals surface area contributed by atoms with Gasteiger partial charge in [-0.2, -0.15) is 0 Å². The summed E-state index contributed by atoms with van der Waals surface area (Å²) >= 11 is 0. The van der Waals surface area contributed by atoms with Crippen LogP contribution in [-0.4, -0.2) is 40.0 Å². The first-order valence-corrected chi connectivity index (χ1v) is 10.6. The second kappa shape index (κ2) is 6.95. The third kappa shape index (κ3) is 3.34. The standard InChI is InChI=1S/C25H24N2O5/c1-24(2,3)32-23(30)26-25(12-15-14-31-19-11-7-6-8-16(15)19)13-20(25)27-21(28)17-9-4-5-10-18(17)22(27)29/h4-11,14,20H,12-13H2,1-3H3,(H,26,30)/t20-,25?/m1/s1. The zero-order valence-electron chi connectivity index (χ0n) is 18.2. The van der Waals surface area contributed by atoms with Gasteiger partial charge in [0.05, 0.1) is 29.0 Å². The molecule has 1 aliphatic carbocycles. The van der Waals surface area contributed by atoms with Crippen LogP contribution in [-0.2, 0) is 11.2 Å². The van der Waals surface area contributed by atoms with Crippen molar-refractivity contribution >= 4 is 28.9 Å². The van der Waals surface area contributed by atoms with Gasteiger partial charge in [0.2, 0.25) is 0 Å². The zero-order valence-corrected chi connectivity index (χ0v) is 18.2. The van der Waals surface area contributed by atoms with Crippen LogP contribution in [0.2, 0.25) is 0 Å². The number of nitrogens with zero attached hydrogens (tertiary/aromatic N) is 1. The van der Waals surface area contributed by atoms with E-state index in [0.717, 1.165) is 16.5 Å². The molecule has 1 N–H and O–H groups in total. The van der Waals surface area contributed by atoms with Crippen LogP contribution in [0.25, 0.3) is 11.0 Å². The number of rotatable bonds is 4. The van der Waals surface area contributed by atoms with Gasteiger partial charge in [-0.3, -0.25) is 14.5 Å². The molecule has 32 heavy (non-hydrogen) atoms. The van der Waals surface area contributed by atoms with Crippen LogP contribution in [0.3, 0.4) is 0 Å². The lowest BCUT2D eigenvalue weighted by atomic mass is 10.0. The highest BCUT2D eigenvalue weighted by atomic mass is 16.6. The van der Waals surface area contributed by atoms with E-state index in [9.17, 15) is 14.4 Å². The number of imide groups is 1. The topological polar surface area (TPSA) is 88.8 Å². The number of nitrogens with one attached hydrogen (secondary N) is 1. The fourth-order valence-corrected chi connectivity index (χ4v) is 4.50. The molecule has 3 aromatic rings. The summed E-state index contributed by atoms with van der Waals surface area (Å²) in [5, 5.41) is 3.91. The number of hydrogen-bond donors (Lipinski definition) is 1. The second-order valence-electron chi connectivity index (χ2n) is 9.46. The zero-order chi connectivity index (χ0) is 22.7. The first-order chi connectivity index (χ1) is 15.2. The summed E-state index contributed by atoms with van der Waals surface area (Å²) in [5.41, 5.74) is 0.924. The highest BCUT2D eigenvalue weighted by Gasteiger charge is 2.63. The molecule has 0 bridgehead atoms. The van der Waals surface area contributed by atoms with E-state index in [2.05, 4.69) is 5.32 Å². The predicted octanol–water partition coefficient (Wildman–Crippen LogP) is 4.31. The highest BCUT2D eigenvalue weighted by Crippen LogP contribution is 2.47. The SMILES string of the molecule is CC(C)(C)OC(=O)NC1(Cc2coc3ccccc23)C[C@H]1N1C(=O)c2ccccc2C1=O. The maximum Gasteiger partial charge on any atom is 0.408 e. The number of amides is 3. The Balaban J connectivity index is 1.47. The molecule has 5 rings (SSSR count). The molecule has 2 aromatic carbocycles. The van der Waals surface area contributed by atoms with Gasteiger partial charge in [-0.05, 0) is 45.4 Å². The summed E-state index contributed by atoms with van der Waals surface area (Å²) in [6, 6.07) is 14.0. The Morgan fingerprint density at radius 1 is 1.09 bits per heavy atom. The Labute approximate surface area is 185 Å². The molecule has 164 valence electrons. The van der Waals surface area contributed by atoms with E-state index in [0.29, 0.717) is 24.0 Å². The molecule has 0 radical (unpaired) electrons. The molecular weight excluding hydrogens is 408 g/mol. The Hall–Kier alpha value is -3.61. The number of fused-ring (bicyclic) bond motifs is 2. The lowest BCUT2D eigenvalue weighted by molar-refractivity contribution is 0.0464. The van der Waals surface area contributed by atoms with Crippen molar-refractivity contribution in [2.24, 2.45) is 0 Å². The van der Waals surface area contributed by atoms with Crippen LogP contribution in [0.1, 0.15) is 53.5 Å². The summed E-state index contributed by atoms with van der Waals surface area (Å²) < 4.78 is 11.2. The number of para-hydroxylation sites is 1. The normalized spacial score (nSPS) is 22.2. The average Bonchev–Trinajstić information content (AvgIpc) is 3.13. The van der Waals surface area contributed by atoms with Gasteiger partial charge in [0.25, 0.3) is 11.8 Å². The van der Waals surface area contributed by atoms with E-state index in [4.69, 9.17) is 9.15 Å². The van der Waals surface area contributed by atoms with Gasteiger partial charge in [-0.15, -0.1) is 0 Å². The van der Waals surface area contributed by atoms with E-state index in [-0.39, 0.29) is 11.8 Å². The van der Waals surface area contributed by atoms with Crippen molar-refractivity contribution in [3.63, 3.8) is 0 Å². The quantitative estimate of drug-likeness (QED) is 0.621. The van der Waals surface area contributed by atoms with Crippen LogP contribution in [0.15, 0.2) is 59.2 Å². The fourth-order valence-electron chi connectivity index (χ4n) is 4.50. The van der Waals surface area contributed by atoms with Gasteiger partial charge >= 0.3 is 6.09 Å². The molecule has 7 heteroatoms. The first kappa shape index (κ1) is 20.3. The third-order valence-corrected chi connectivity index (χ3v) is 5.99. The first-order valence-electron chi connectivity index (χ1n) is 10.6. The van der Waals surface area contributed by atoms with Crippen LogP contribution < -0.4 is 5.32 Å². The van der Waals surface area contributed by atoms with Gasteiger partial charge in [0.1, 0.15) is 11.2 Å². The summed E-state index contributed by atoms with van der Waals surface area (Å²) in [4.78, 5) is 40.1. The largest absolute Gasteiger partial charge is 0.464 e. The van der Waals surface area contributed by atoms with Crippen molar-refractivity contribution in [3.05, 3.63) is 71.5 Å². The summed E-state index contributed by atoms with van der Waals surface area (Å²) in [7, 11) is 0. The van der Waals surface area contributed by atoms with Crippen molar-refractivity contribution in [1.82, 2.24) is 10.2 Å². The minimum Gasteiger partial charge on any atom is -0.464 e. The van der Waals surface area contributed by atoms with Crippen LogP contribution in [0.4, 0.5) is 4.79 Å². The van der Waals surface area contributed by atoms with Crippen LogP contribution in [0, 0.1) is 0 Å². The smallest absolute Gasteiger partial charge is 0.408 e. The second-order valence-corrected chi connectivity index (χ2v) is 9.46. The Bertz CT molecular complexity index is 1220. The monoisotopic (exact) mass is 432 g/mol. The number of hydrogen-bond acceptors (Lipinski definition) is 5. The Kier molecular flexibility index (Phi) is 4.41. The molecule has 7 nitrogen and oxygen atoms in total. The molecule has 2 heterocycles. The van der Waals surface area contributed by atoms with Gasteiger partial charge in [-0.25, -0.2) is 4.79 Å². The fraction of sp³-hybridized carbons (Fsp3) is 0.320. The lowest BCUT2D eigenvalue weighted by Gasteiger charge is -2.26. The molecule has 0 spiro atoms. The molecule has 2 aliphatic rings. The number of carbonyl (C=O) groups is 3. The van der Waals surface area contributed by atoms with E-state index in [1.807, 2.05) is 24.3 Å². The maximum atomic E-state index is 13.0. The minimum atomic E-state index is -0.831. The van der Waals surface area contributed by atoms with E-state index >= 15 is 0 Å². The predicted molar refractivity (Wildman–Crippen MR) is 117 cm³/mol. The molecule has 0 saturated heterocycles. The molecule has 1 aliphatic heterocycles. The molecule has 1 aromatic heterocycles. The lowest BCUT2D eigenvalue weighted by Crippen LogP contribution is -2.48. The van der Waals surface area contributed by atoms with Crippen molar-refractivity contribution in [2.45, 2.75) is 50.8 Å².